The molecule has 3 rings (SSSR count). The van der Waals surface area contributed by atoms with Crippen molar-refractivity contribution in [3.63, 3.8) is 0 Å². The highest BCUT2D eigenvalue weighted by Crippen LogP contribution is 2.33. The first-order valence-corrected chi connectivity index (χ1v) is 7.27. The Morgan fingerprint density at radius 1 is 0.909 bits per heavy atom. The van der Waals surface area contributed by atoms with Crippen molar-refractivity contribution in [2.45, 2.75) is 6.42 Å². The van der Waals surface area contributed by atoms with Crippen molar-refractivity contribution in [3.05, 3.63) is 76.5 Å². The van der Waals surface area contributed by atoms with Crippen molar-refractivity contribution in [3.8, 4) is 0 Å². The van der Waals surface area contributed by atoms with E-state index < -0.39 is 17.5 Å². The van der Waals surface area contributed by atoms with Gasteiger partial charge in [-0.1, -0.05) is 54.1 Å². The highest BCUT2D eigenvalue weighted by molar-refractivity contribution is 6.38. The molecule has 0 saturated heterocycles. The second-order valence-corrected chi connectivity index (χ2v) is 5.64. The highest BCUT2D eigenvalue weighted by atomic mass is 35.5. The molecule has 0 aliphatic heterocycles. The van der Waals surface area contributed by atoms with Gasteiger partial charge in [-0.05, 0) is 29.7 Å². The minimum absolute atomic E-state index is 0.115. The lowest BCUT2D eigenvalue weighted by atomic mass is 9.93. The van der Waals surface area contributed by atoms with Gasteiger partial charge in [0.15, 0.2) is 11.5 Å². The Labute approximate surface area is 132 Å². The van der Waals surface area contributed by atoms with E-state index in [1.54, 1.807) is 48.5 Å². The Bertz CT molecular complexity index is 761. The van der Waals surface area contributed by atoms with Crippen LogP contribution < -0.4 is 0 Å². The second-order valence-electron chi connectivity index (χ2n) is 5.20. The van der Waals surface area contributed by atoms with Crippen molar-refractivity contribution >= 4 is 28.7 Å². The van der Waals surface area contributed by atoms with Gasteiger partial charge in [-0.25, -0.2) is 0 Å². The van der Waals surface area contributed by atoms with Crippen molar-refractivity contribution in [2.75, 3.05) is 0 Å². The molecular weight excluding hydrogens is 300 g/mol. The van der Waals surface area contributed by atoms with Gasteiger partial charge in [0.05, 0.1) is 11.5 Å². The molecule has 0 saturated carbocycles. The molecule has 1 aliphatic carbocycles. The van der Waals surface area contributed by atoms with E-state index in [9.17, 15) is 14.7 Å². The van der Waals surface area contributed by atoms with Crippen molar-refractivity contribution in [1.82, 2.24) is 0 Å². The predicted molar refractivity (Wildman–Crippen MR) is 84.7 cm³/mol. The molecule has 0 bridgehead atoms. The molecule has 2 aromatic carbocycles. The molecule has 0 aromatic heterocycles. The van der Waals surface area contributed by atoms with Crippen LogP contribution >= 0.6 is 11.6 Å². The normalized spacial score (nSPS) is 18.1. The third-order valence-corrected chi connectivity index (χ3v) is 4.02. The summed E-state index contributed by atoms with van der Waals surface area (Å²) >= 11 is 5.83. The maximum Gasteiger partial charge on any atom is 0.209 e. The average Bonchev–Trinajstić information content (AvgIpc) is 2.74. The van der Waals surface area contributed by atoms with Crippen LogP contribution in [0.25, 0.3) is 5.57 Å². The van der Waals surface area contributed by atoms with Gasteiger partial charge in [0.2, 0.25) is 5.78 Å². The highest BCUT2D eigenvalue weighted by Gasteiger charge is 2.41. The summed E-state index contributed by atoms with van der Waals surface area (Å²) in [7, 11) is 0. The lowest BCUT2D eigenvalue weighted by molar-refractivity contribution is -0.126. The van der Waals surface area contributed by atoms with Crippen LogP contribution in [0, 0.1) is 5.92 Å². The van der Waals surface area contributed by atoms with Gasteiger partial charge in [0, 0.05) is 5.02 Å². The molecule has 0 fully saturated rings. The number of hydrogen-bond donors (Lipinski definition) is 1. The van der Waals surface area contributed by atoms with Crippen LogP contribution in [0.1, 0.15) is 11.1 Å². The van der Waals surface area contributed by atoms with Crippen LogP contribution in [0.5, 0.6) is 0 Å². The molecule has 0 amide bonds. The van der Waals surface area contributed by atoms with Crippen molar-refractivity contribution in [2.24, 2.45) is 5.92 Å². The monoisotopic (exact) mass is 312 g/mol. The van der Waals surface area contributed by atoms with Gasteiger partial charge in [-0.15, -0.1) is 0 Å². The maximum atomic E-state index is 12.5. The zero-order chi connectivity index (χ0) is 15.7. The van der Waals surface area contributed by atoms with Gasteiger partial charge in [0.25, 0.3) is 0 Å². The Balaban J connectivity index is 1.89. The first-order chi connectivity index (χ1) is 10.6. The van der Waals surface area contributed by atoms with Gasteiger partial charge in [0.1, 0.15) is 0 Å². The molecule has 110 valence electrons. The number of ketones is 2. The third kappa shape index (κ3) is 2.55. The van der Waals surface area contributed by atoms with Crippen LogP contribution in [0.3, 0.4) is 0 Å². The van der Waals surface area contributed by atoms with Gasteiger partial charge in [-0.3, -0.25) is 9.59 Å². The smallest absolute Gasteiger partial charge is 0.209 e. The molecule has 1 aliphatic rings. The fourth-order valence-corrected chi connectivity index (χ4v) is 2.75. The quantitative estimate of drug-likeness (QED) is 0.881. The largest absolute Gasteiger partial charge is 0.504 e. The van der Waals surface area contributed by atoms with E-state index in [0.717, 1.165) is 5.56 Å². The van der Waals surface area contributed by atoms with E-state index >= 15 is 0 Å². The van der Waals surface area contributed by atoms with Crippen LogP contribution in [-0.2, 0) is 16.0 Å². The summed E-state index contributed by atoms with van der Waals surface area (Å²) in [6.07, 6.45) is 0.259. The number of benzene rings is 2. The third-order valence-electron chi connectivity index (χ3n) is 3.77. The molecule has 1 unspecified atom stereocenters. The Morgan fingerprint density at radius 3 is 2.18 bits per heavy atom. The van der Waals surface area contributed by atoms with Gasteiger partial charge in [-0.2, -0.15) is 0 Å². The molecule has 22 heavy (non-hydrogen) atoms. The standard InChI is InChI=1S/C18H13ClO3/c19-13-8-6-11(7-9-13)10-14-16(20)15(18(22)17(14)21)12-4-2-1-3-5-12/h1-9,14,22H,10H2. The fraction of sp³-hybridized carbons (Fsp3) is 0.111. The lowest BCUT2D eigenvalue weighted by Gasteiger charge is -2.08. The Hall–Kier alpha value is -2.39. The zero-order valence-corrected chi connectivity index (χ0v) is 12.4. The summed E-state index contributed by atoms with van der Waals surface area (Å²) in [5, 5.41) is 10.7. The molecule has 4 heteroatoms. The van der Waals surface area contributed by atoms with Crippen molar-refractivity contribution in [1.29, 1.82) is 0 Å². The molecule has 0 heterocycles. The number of aliphatic hydroxyl groups excluding tert-OH is 1. The lowest BCUT2D eigenvalue weighted by Crippen LogP contribution is -2.20. The van der Waals surface area contributed by atoms with Crippen LogP contribution in [0.4, 0.5) is 0 Å². The minimum Gasteiger partial charge on any atom is -0.504 e. The molecular formula is C18H13ClO3. The molecule has 2 aromatic rings. The molecule has 3 nitrogen and oxygen atoms in total. The number of carbonyl (C=O) groups is 2. The Kier molecular flexibility index (Phi) is 3.82. The van der Waals surface area contributed by atoms with Crippen molar-refractivity contribution < 1.29 is 14.7 Å². The molecule has 1 N–H and O–H groups in total. The predicted octanol–water partition coefficient (Wildman–Crippen LogP) is 3.62. The van der Waals surface area contributed by atoms with E-state index in [1.807, 2.05) is 6.07 Å². The fourth-order valence-electron chi connectivity index (χ4n) is 2.62. The number of hydrogen-bond acceptors (Lipinski definition) is 3. The number of allylic oxidation sites excluding steroid dienone is 2. The van der Waals surface area contributed by atoms with E-state index in [1.165, 1.54) is 0 Å². The number of rotatable bonds is 3. The van der Waals surface area contributed by atoms with Crippen LogP contribution in [-0.4, -0.2) is 16.7 Å². The second kappa shape index (κ2) is 5.78. The summed E-state index contributed by atoms with van der Waals surface area (Å²) in [6.45, 7) is 0. The van der Waals surface area contributed by atoms with Crippen LogP contribution in [0.15, 0.2) is 60.4 Å². The number of carbonyl (C=O) groups excluding carboxylic acids is 2. The minimum atomic E-state index is -0.864. The summed E-state index contributed by atoms with van der Waals surface area (Å²) in [6, 6.07) is 15.7. The zero-order valence-electron chi connectivity index (χ0n) is 11.6. The molecule has 0 radical (unpaired) electrons. The summed E-state index contributed by atoms with van der Waals surface area (Å²) in [5.74, 6) is -2.14. The average molecular weight is 313 g/mol. The summed E-state index contributed by atoms with van der Waals surface area (Å²) < 4.78 is 0. The number of halogens is 1. The molecule has 1 atom stereocenters. The van der Waals surface area contributed by atoms with E-state index in [2.05, 4.69) is 0 Å². The first-order valence-electron chi connectivity index (χ1n) is 6.89. The van der Waals surface area contributed by atoms with Gasteiger partial charge >= 0.3 is 0 Å². The summed E-state index contributed by atoms with van der Waals surface area (Å²) in [5.41, 5.74) is 1.51. The Morgan fingerprint density at radius 2 is 1.55 bits per heavy atom. The first kappa shape index (κ1) is 14.5. The van der Waals surface area contributed by atoms with E-state index in [-0.39, 0.29) is 17.8 Å². The topological polar surface area (TPSA) is 54.4 Å². The SMILES string of the molecule is O=C1C(O)=C(c2ccccc2)C(=O)C1Cc1ccc(Cl)cc1. The number of Topliss-reactive ketones (excluding diaryl/α,β-unsaturated/α-hetero) is 2. The van der Waals surface area contributed by atoms with E-state index in [0.29, 0.717) is 10.6 Å². The van der Waals surface area contributed by atoms with Crippen LogP contribution in [0.2, 0.25) is 5.02 Å². The maximum absolute atomic E-state index is 12.5. The summed E-state index contributed by atoms with van der Waals surface area (Å²) in [4.78, 5) is 24.7. The molecule has 0 spiro atoms. The number of aliphatic hydroxyl groups is 1. The van der Waals surface area contributed by atoms with E-state index in [4.69, 9.17) is 11.6 Å². The van der Waals surface area contributed by atoms with Gasteiger partial charge < -0.3 is 5.11 Å².